The van der Waals surface area contributed by atoms with E-state index in [0.717, 1.165) is 10.3 Å². The van der Waals surface area contributed by atoms with Crippen molar-refractivity contribution in [2.45, 2.75) is 13.0 Å². The van der Waals surface area contributed by atoms with Gasteiger partial charge < -0.3 is 9.84 Å². The summed E-state index contributed by atoms with van der Waals surface area (Å²) < 4.78 is 5.97. The predicted octanol–water partition coefficient (Wildman–Crippen LogP) is 5.15. The van der Waals surface area contributed by atoms with Crippen molar-refractivity contribution in [1.29, 1.82) is 0 Å². The van der Waals surface area contributed by atoms with Crippen LogP contribution in [0.25, 0.3) is 16.0 Å². The number of aryl methyl sites for hydroxylation is 1. The molecule has 5 rings (SSSR count). The van der Waals surface area contributed by atoms with Crippen LogP contribution in [-0.2, 0) is 9.59 Å². The first-order valence-corrected chi connectivity index (χ1v) is 11.7. The second kappa shape index (κ2) is 8.90. The van der Waals surface area contributed by atoms with Gasteiger partial charge in [-0.3, -0.25) is 24.6 Å². The molecule has 0 spiro atoms. The molecule has 0 radical (unpaired) electrons. The number of nitrogens with zero attached hydrogens (tertiary/aromatic N) is 3. The molecule has 3 aromatic carbocycles. The summed E-state index contributed by atoms with van der Waals surface area (Å²) >= 11 is 1.23. The number of aromatic nitrogens is 1. The van der Waals surface area contributed by atoms with Crippen LogP contribution in [0.15, 0.2) is 72.3 Å². The van der Waals surface area contributed by atoms with Gasteiger partial charge in [0.2, 0.25) is 0 Å². The average molecular weight is 502 g/mol. The SMILES string of the molecule is COc1ccc(/C(O)=C2\C(=O)C(=O)N(c3nc4ccc(C)cc4s3)[C@@H]2c2cccc([N+](=O)[O-])c2)cc1. The minimum Gasteiger partial charge on any atom is -0.507 e. The Balaban J connectivity index is 1.73. The van der Waals surface area contributed by atoms with Crippen molar-refractivity contribution in [2.24, 2.45) is 0 Å². The van der Waals surface area contributed by atoms with E-state index < -0.39 is 28.4 Å². The molecule has 10 heteroatoms. The molecule has 180 valence electrons. The zero-order valence-corrected chi connectivity index (χ0v) is 20.0. The fourth-order valence-electron chi connectivity index (χ4n) is 4.18. The lowest BCUT2D eigenvalue weighted by atomic mass is 9.95. The van der Waals surface area contributed by atoms with Crippen LogP contribution < -0.4 is 9.64 Å². The number of benzene rings is 3. The van der Waals surface area contributed by atoms with Crippen LogP contribution in [0.4, 0.5) is 10.8 Å². The lowest BCUT2D eigenvalue weighted by molar-refractivity contribution is -0.384. The van der Waals surface area contributed by atoms with E-state index in [1.54, 1.807) is 30.3 Å². The smallest absolute Gasteiger partial charge is 0.301 e. The third kappa shape index (κ3) is 3.87. The number of Topliss-reactive ketones (excluding diaryl/α,β-unsaturated/α-hetero) is 1. The summed E-state index contributed by atoms with van der Waals surface area (Å²) in [5.41, 5.74) is 1.87. The van der Waals surface area contributed by atoms with Gasteiger partial charge in [0.05, 0.1) is 33.9 Å². The van der Waals surface area contributed by atoms with Crippen molar-refractivity contribution in [2.75, 3.05) is 12.0 Å². The molecule has 1 N–H and O–H groups in total. The molecule has 0 unspecified atom stereocenters. The Kier molecular flexibility index (Phi) is 5.73. The van der Waals surface area contributed by atoms with Crippen molar-refractivity contribution < 1.29 is 24.4 Å². The summed E-state index contributed by atoms with van der Waals surface area (Å²) in [6.45, 7) is 1.93. The van der Waals surface area contributed by atoms with Crippen molar-refractivity contribution >= 4 is 49.8 Å². The summed E-state index contributed by atoms with van der Waals surface area (Å²) in [6.07, 6.45) is 0. The zero-order chi connectivity index (χ0) is 25.6. The van der Waals surface area contributed by atoms with E-state index in [-0.39, 0.29) is 16.4 Å². The highest BCUT2D eigenvalue weighted by Gasteiger charge is 2.48. The molecule has 1 aliphatic heterocycles. The molecule has 1 aromatic heterocycles. The highest BCUT2D eigenvalue weighted by molar-refractivity contribution is 7.22. The maximum Gasteiger partial charge on any atom is 0.301 e. The first kappa shape index (κ1) is 23.2. The monoisotopic (exact) mass is 501 g/mol. The van der Waals surface area contributed by atoms with Crippen LogP contribution in [0, 0.1) is 17.0 Å². The number of aliphatic hydroxyl groups excluding tert-OH is 1. The van der Waals surface area contributed by atoms with E-state index in [4.69, 9.17) is 4.74 Å². The highest BCUT2D eigenvalue weighted by Crippen LogP contribution is 2.45. The van der Waals surface area contributed by atoms with Gasteiger partial charge in [-0.1, -0.05) is 29.5 Å². The number of nitro benzene ring substituents is 1. The topological polar surface area (TPSA) is 123 Å². The lowest BCUT2D eigenvalue weighted by Gasteiger charge is -2.22. The van der Waals surface area contributed by atoms with E-state index in [0.29, 0.717) is 22.4 Å². The van der Waals surface area contributed by atoms with Crippen molar-refractivity contribution in [3.05, 3.63) is 99.1 Å². The number of carbonyl (C=O) groups excluding carboxylic acids is 2. The van der Waals surface area contributed by atoms with Crippen LogP contribution in [0.3, 0.4) is 0 Å². The van der Waals surface area contributed by atoms with Crippen LogP contribution >= 0.6 is 11.3 Å². The van der Waals surface area contributed by atoms with Gasteiger partial charge in [0.25, 0.3) is 11.5 Å². The number of ether oxygens (including phenoxy) is 1. The van der Waals surface area contributed by atoms with Crippen molar-refractivity contribution in [3.8, 4) is 5.75 Å². The van der Waals surface area contributed by atoms with Gasteiger partial charge in [0.15, 0.2) is 5.13 Å². The summed E-state index contributed by atoms with van der Waals surface area (Å²) in [5.74, 6) is -1.63. The molecule has 2 heterocycles. The number of thiazole rings is 1. The summed E-state index contributed by atoms with van der Waals surface area (Å²) in [4.78, 5) is 43.3. The Hall–Kier alpha value is -4.57. The Morgan fingerprint density at radius 2 is 1.86 bits per heavy atom. The van der Waals surface area contributed by atoms with Gasteiger partial charge in [-0.2, -0.15) is 0 Å². The lowest BCUT2D eigenvalue weighted by Crippen LogP contribution is -2.29. The largest absolute Gasteiger partial charge is 0.507 e. The number of fused-ring (bicyclic) bond motifs is 1. The Morgan fingerprint density at radius 3 is 2.56 bits per heavy atom. The second-order valence-electron chi connectivity index (χ2n) is 8.22. The second-order valence-corrected chi connectivity index (χ2v) is 9.23. The van der Waals surface area contributed by atoms with Gasteiger partial charge >= 0.3 is 5.91 Å². The predicted molar refractivity (Wildman–Crippen MR) is 135 cm³/mol. The highest BCUT2D eigenvalue weighted by atomic mass is 32.1. The van der Waals surface area contributed by atoms with E-state index in [9.17, 15) is 24.8 Å². The van der Waals surface area contributed by atoms with Gasteiger partial charge in [-0.15, -0.1) is 0 Å². The van der Waals surface area contributed by atoms with E-state index >= 15 is 0 Å². The first-order valence-electron chi connectivity index (χ1n) is 10.9. The molecule has 0 bridgehead atoms. The number of anilines is 1. The number of non-ortho nitro benzene ring substituents is 1. The molecule has 9 nitrogen and oxygen atoms in total. The number of hydrogen-bond donors (Lipinski definition) is 1. The van der Waals surface area contributed by atoms with Crippen LogP contribution in [-0.4, -0.2) is 33.8 Å². The van der Waals surface area contributed by atoms with Gasteiger partial charge in [0.1, 0.15) is 11.5 Å². The van der Waals surface area contributed by atoms with E-state index in [1.807, 2.05) is 25.1 Å². The van der Waals surface area contributed by atoms with Crippen molar-refractivity contribution in [3.63, 3.8) is 0 Å². The fourth-order valence-corrected chi connectivity index (χ4v) is 5.27. The summed E-state index contributed by atoms with van der Waals surface area (Å²) in [7, 11) is 1.50. The maximum atomic E-state index is 13.3. The molecule has 4 aromatic rings. The van der Waals surface area contributed by atoms with Crippen molar-refractivity contribution in [1.82, 2.24) is 4.98 Å². The number of amides is 1. The number of hydrogen-bond acceptors (Lipinski definition) is 8. The summed E-state index contributed by atoms with van der Waals surface area (Å²) in [6, 6.07) is 16.5. The third-order valence-electron chi connectivity index (χ3n) is 5.94. The zero-order valence-electron chi connectivity index (χ0n) is 19.2. The number of carbonyl (C=O) groups is 2. The molecule has 0 saturated carbocycles. The normalized spacial score (nSPS) is 17.1. The Bertz CT molecular complexity index is 1570. The molecule has 0 aliphatic carbocycles. The minimum atomic E-state index is -1.12. The number of ketones is 1. The molecule has 36 heavy (non-hydrogen) atoms. The Labute approximate surface area is 209 Å². The van der Waals surface area contributed by atoms with E-state index in [1.165, 1.54) is 41.5 Å². The maximum absolute atomic E-state index is 13.3. The van der Waals surface area contributed by atoms with Gasteiger partial charge in [-0.05, 0) is 54.4 Å². The number of methoxy groups -OCH3 is 1. The first-order chi connectivity index (χ1) is 17.3. The van der Waals surface area contributed by atoms with Gasteiger partial charge in [-0.25, -0.2) is 4.98 Å². The molecule has 1 aliphatic rings. The van der Waals surface area contributed by atoms with Crippen LogP contribution in [0.2, 0.25) is 0 Å². The molecule has 1 saturated heterocycles. The molecule has 1 atom stereocenters. The minimum absolute atomic E-state index is 0.180. The quantitative estimate of drug-likeness (QED) is 0.132. The fraction of sp³-hybridized carbons (Fsp3) is 0.115. The summed E-state index contributed by atoms with van der Waals surface area (Å²) in [5, 5.41) is 22.9. The number of aliphatic hydroxyl groups is 1. The average Bonchev–Trinajstić information content (AvgIpc) is 3.41. The number of rotatable bonds is 5. The van der Waals surface area contributed by atoms with Crippen LogP contribution in [0.5, 0.6) is 5.75 Å². The van der Waals surface area contributed by atoms with E-state index in [2.05, 4.69) is 4.98 Å². The van der Waals surface area contributed by atoms with Crippen LogP contribution in [0.1, 0.15) is 22.7 Å². The molecular weight excluding hydrogens is 482 g/mol. The van der Waals surface area contributed by atoms with Gasteiger partial charge in [0, 0.05) is 17.7 Å². The molecule has 1 amide bonds. The Morgan fingerprint density at radius 1 is 1.11 bits per heavy atom. The molecule has 1 fully saturated rings. The molecular formula is C26H19N3O6S. The number of nitro groups is 1. The standard InChI is InChI=1S/C26H19N3O6S/c1-14-6-11-19-20(12-14)36-26(27-19)28-22(16-4-3-5-17(13-16)29(33)34)21(24(31)25(28)32)23(30)15-7-9-18(35-2)10-8-15/h3-13,22,30H,1-2H3/b23-21+/t22-/m1/s1. The third-order valence-corrected chi connectivity index (χ3v) is 6.96.